The van der Waals surface area contributed by atoms with Crippen LogP contribution in [0.4, 0.5) is 5.69 Å². The molecular weight excluding hydrogens is 270 g/mol. The van der Waals surface area contributed by atoms with E-state index < -0.39 is 0 Å². The van der Waals surface area contributed by atoms with Gasteiger partial charge in [-0.1, -0.05) is 35.9 Å². The fourth-order valence-corrected chi connectivity index (χ4v) is 2.30. The number of hydrogen-bond donors (Lipinski definition) is 1. The van der Waals surface area contributed by atoms with E-state index in [0.29, 0.717) is 17.9 Å². The van der Waals surface area contributed by atoms with Gasteiger partial charge in [-0.2, -0.15) is 0 Å². The monoisotopic (exact) mass is 287 g/mol. The highest BCUT2D eigenvalue weighted by atomic mass is 35.5. The van der Waals surface area contributed by atoms with E-state index in [1.807, 2.05) is 49.4 Å². The zero-order valence-electron chi connectivity index (χ0n) is 11.5. The molecule has 0 aliphatic carbocycles. The van der Waals surface area contributed by atoms with E-state index in [1.54, 1.807) is 0 Å². The zero-order chi connectivity index (χ0) is 14.5. The summed E-state index contributed by atoms with van der Waals surface area (Å²) in [5.74, 6) is 0.215. The fourth-order valence-electron chi connectivity index (χ4n) is 2.09. The van der Waals surface area contributed by atoms with Gasteiger partial charge in [0.25, 0.3) is 0 Å². The van der Waals surface area contributed by atoms with E-state index in [0.717, 1.165) is 28.8 Å². The molecule has 3 heteroatoms. The molecule has 0 bridgehead atoms. The smallest absolute Gasteiger partial charge is 0.137 e. The number of benzene rings is 2. The van der Waals surface area contributed by atoms with E-state index in [9.17, 15) is 4.79 Å². The molecule has 2 aromatic rings. The highest BCUT2D eigenvalue weighted by Gasteiger charge is 2.06. The van der Waals surface area contributed by atoms with Crippen molar-refractivity contribution in [3.63, 3.8) is 0 Å². The molecule has 2 nitrogen and oxygen atoms in total. The Morgan fingerprint density at radius 2 is 1.95 bits per heavy atom. The van der Waals surface area contributed by atoms with E-state index in [1.165, 1.54) is 0 Å². The lowest BCUT2D eigenvalue weighted by Gasteiger charge is -2.05. The first-order chi connectivity index (χ1) is 9.54. The standard InChI is InChI=1S/C17H18ClNO/c1-12-5-6-14(11-17(12)18)10-16(20)8-7-13-3-2-4-15(19)9-13/h2-6,9,11H,7-8,10,19H2,1H3. The van der Waals surface area contributed by atoms with Gasteiger partial charge in [0.15, 0.2) is 0 Å². The van der Waals surface area contributed by atoms with Crippen molar-refractivity contribution in [3.8, 4) is 0 Å². The van der Waals surface area contributed by atoms with Crippen LogP contribution in [-0.2, 0) is 17.6 Å². The minimum Gasteiger partial charge on any atom is -0.399 e. The minimum atomic E-state index is 0.215. The van der Waals surface area contributed by atoms with Gasteiger partial charge in [0.2, 0.25) is 0 Å². The zero-order valence-corrected chi connectivity index (χ0v) is 12.3. The van der Waals surface area contributed by atoms with Gasteiger partial charge < -0.3 is 5.73 Å². The number of rotatable bonds is 5. The van der Waals surface area contributed by atoms with Crippen molar-refractivity contribution in [2.24, 2.45) is 0 Å². The van der Waals surface area contributed by atoms with Crippen molar-refractivity contribution < 1.29 is 4.79 Å². The van der Waals surface area contributed by atoms with Gasteiger partial charge in [0.05, 0.1) is 0 Å². The van der Waals surface area contributed by atoms with Gasteiger partial charge in [-0.15, -0.1) is 0 Å². The number of aryl methyl sites for hydroxylation is 2. The Balaban J connectivity index is 1.91. The molecule has 0 saturated carbocycles. The van der Waals surface area contributed by atoms with Crippen LogP contribution in [0.1, 0.15) is 23.1 Å². The van der Waals surface area contributed by atoms with Crippen LogP contribution in [0, 0.1) is 6.92 Å². The van der Waals surface area contributed by atoms with Crippen molar-refractivity contribution >= 4 is 23.1 Å². The number of halogens is 1. The molecule has 0 spiro atoms. The first kappa shape index (κ1) is 14.6. The van der Waals surface area contributed by atoms with Gasteiger partial charge in [-0.05, 0) is 48.2 Å². The predicted molar refractivity (Wildman–Crippen MR) is 84.1 cm³/mol. The van der Waals surface area contributed by atoms with Gasteiger partial charge in [-0.3, -0.25) is 4.79 Å². The normalized spacial score (nSPS) is 10.5. The Kier molecular flexibility index (Phi) is 4.80. The Labute approximate surface area is 124 Å². The number of anilines is 1. The Bertz CT molecular complexity index is 622. The second-order valence-corrected chi connectivity index (χ2v) is 5.45. The number of hydrogen-bond acceptors (Lipinski definition) is 2. The van der Waals surface area contributed by atoms with E-state index in [4.69, 9.17) is 17.3 Å². The number of ketones is 1. The molecular formula is C17H18ClNO. The van der Waals surface area contributed by atoms with E-state index in [2.05, 4.69) is 0 Å². The van der Waals surface area contributed by atoms with Crippen molar-refractivity contribution in [1.29, 1.82) is 0 Å². The first-order valence-corrected chi connectivity index (χ1v) is 7.03. The van der Waals surface area contributed by atoms with Crippen LogP contribution in [-0.4, -0.2) is 5.78 Å². The molecule has 0 unspecified atom stereocenters. The van der Waals surface area contributed by atoms with Gasteiger partial charge in [-0.25, -0.2) is 0 Å². The van der Waals surface area contributed by atoms with Crippen LogP contribution in [0.25, 0.3) is 0 Å². The summed E-state index contributed by atoms with van der Waals surface area (Å²) < 4.78 is 0. The summed E-state index contributed by atoms with van der Waals surface area (Å²) in [6.07, 6.45) is 1.68. The summed E-state index contributed by atoms with van der Waals surface area (Å²) in [5.41, 5.74) is 9.55. The largest absolute Gasteiger partial charge is 0.399 e. The average molecular weight is 288 g/mol. The molecule has 2 aromatic carbocycles. The van der Waals surface area contributed by atoms with Crippen LogP contribution >= 0.6 is 11.6 Å². The predicted octanol–water partition coefficient (Wildman–Crippen LogP) is 3.98. The molecule has 104 valence electrons. The highest BCUT2D eigenvalue weighted by molar-refractivity contribution is 6.31. The summed E-state index contributed by atoms with van der Waals surface area (Å²) in [7, 11) is 0. The number of nitrogens with two attached hydrogens (primary N) is 1. The van der Waals surface area contributed by atoms with Crippen LogP contribution in [0.5, 0.6) is 0 Å². The quantitative estimate of drug-likeness (QED) is 0.846. The van der Waals surface area contributed by atoms with Crippen LogP contribution < -0.4 is 5.73 Å². The molecule has 0 fully saturated rings. The number of carbonyl (C=O) groups excluding carboxylic acids is 1. The van der Waals surface area contributed by atoms with Gasteiger partial charge in [0, 0.05) is 23.6 Å². The molecule has 0 aromatic heterocycles. The topological polar surface area (TPSA) is 43.1 Å². The molecule has 0 heterocycles. The molecule has 0 amide bonds. The van der Waals surface area contributed by atoms with Crippen LogP contribution in [0.3, 0.4) is 0 Å². The van der Waals surface area contributed by atoms with Gasteiger partial charge >= 0.3 is 0 Å². The summed E-state index contributed by atoms with van der Waals surface area (Å²) in [6.45, 7) is 1.95. The molecule has 0 aliphatic rings. The molecule has 0 radical (unpaired) electrons. The fraction of sp³-hybridized carbons (Fsp3) is 0.235. The molecule has 0 aliphatic heterocycles. The Morgan fingerprint density at radius 1 is 1.15 bits per heavy atom. The Morgan fingerprint density at radius 3 is 2.65 bits per heavy atom. The highest BCUT2D eigenvalue weighted by Crippen LogP contribution is 2.18. The van der Waals surface area contributed by atoms with Crippen molar-refractivity contribution in [2.75, 3.05) is 5.73 Å². The van der Waals surface area contributed by atoms with Crippen molar-refractivity contribution in [1.82, 2.24) is 0 Å². The second kappa shape index (κ2) is 6.58. The van der Waals surface area contributed by atoms with Crippen molar-refractivity contribution in [3.05, 3.63) is 64.2 Å². The lowest BCUT2D eigenvalue weighted by atomic mass is 10.0. The second-order valence-electron chi connectivity index (χ2n) is 5.04. The lowest BCUT2D eigenvalue weighted by Crippen LogP contribution is -2.04. The summed E-state index contributed by atoms with van der Waals surface area (Å²) in [6, 6.07) is 13.4. The third-order valence-electron chi connectivity index (χ3n) is 3.28. The molecule has 0 atom stereocenters. The summed E-state index contributed by atoms with van der Waals surface area (Å²) in [4.78, 5) is 12.0. The third-order valence-corrected chi connectivity index (χ3v) is 3.69. The molecule has 0 saturated heterocycles. The number of Topliss-reactive ketones (excluding diaryl/α,β-unsaturated/α-hetero) is 1. The molecule has 2 N–H and O–H groups in total. The van der Waals surface area contributed by atoms with E-state index in [-0.39, 0.29) is 5.78 Å². The third kappa shape index (κ3) is 4.10. The van der Waals surface area contributed by atoms with Gasteiger partial charge in [0.1, 0.15) is 5.78 Å². The van der Waals surface area contributed by atoms with Crippen LogP contribution in [0.15, 0.2) is 42.5 Å². The lowest BCUT2D eigenvalue weighted by molar-refractivity contribution is -0.118. The van der Waals surface area contributed by atoms with E-state index >= 15 is 0 Å². The summed E-state index contributed by atoms with van der Waals surface area (Å²) in [5, 5.41) is 0.714. The maximum absolute atomic E-state index is 12.0. The number of carbonyl (C=O) groups is 1. The van der Waals surface area contributed by atoms with Crippen LogP contribution in [0.2, 0.25) is 5.02 Å². The Hall–Kier alpha value is -1.80. The maximum atomic E-state index is 12.0. The minimum absolute atomic E-state index is 0.215. The maximum Gasteiger partial charge on any atom is 0.137 e. The molecule has 2 rings (SSSR count). The summed E-state index contributed by atoms with van der Waals surface area (Å²) >= 11 is 6.06. The first-order valence-electron chi connectivity index (χ1n) is 6.66. The van der Waals surface area contributed by atoms with Crippen molar-refractivity contribution in [2.45, 2.75) is 26.2 Å². The average Bonchev–Trinajstić information content (AvgIpc) is 2.41. The molecule has 20 heavy (non-hydrogen) atoms. The number of nitrogen functional groups attached to an aromatic ring is 1. The SMILES string of the molecule is Cc1ccc(CC(=O)CCc2cccc(N)c2)cc1Cl.